The van der Waals surface area contributed by atoms with E-state index in [4.69, 9.17) is 9.47 Å². The lowest BCUT2D eigenvalue weighted by atomic mass is 9.86. The first-order chi connectivity index (χ1) is 20.4. The van der Waals surface area contributed by atoms with E-state index in [2.05, 4.69) is 0 Å². The number of phenols is 2. The second-order valence-corrected chi connectivity index (χ2v) is 9.85. The van der Waals surface area contributed by atoms with E-state index in [0.717, 1.165) is 0 Å². The number of ketones is 2. The molecular formula is C36H26O6. The fourth-order valence-corrected chi connectivity index (χ4v) is 5.32. The standard InChI is InChI=1S/C36H26O6/c1-41-25-15-11-21(12-16-25)33(37)29-19-23-7-3-5-9-27(23)31(35(29)39)32-28-10-6-4-8-24(28)20-30(36(32)40)34(38)22-13-17-26(42-2)18-14-22/h3-20,39-40H,1-2H3. The number of hydrogen-bond acceptors (Lipinski definition) is 6. The van der Waals surface area contributed by atoms with Crippen molar-refractivity contribution in [1.29, 1.82) is 0 Å². The van der Waals surface area contributed by atoms with Crippen molar-refractivity contribution in [3.63, 3.8) is 0 Å². The van der Waals surface area contributed by atoms with Crippen molar-refractivity contribution < 1.29 is 29.3 Å². The van der Waals surface area contributed by atoms with Gasteiger partial charge in [-0.3, -0.25) is 9.59 Å². The average molecular weight is 555 g/mol. The Bertz CT molecular complexity index is 1840. The van der Waals surface area contributed by atoms with Crippen LogP contribution in [-0.2, 0) is 0 Å². The zero-order valence-electron chi connectivity index (χ0n) is 22.9. The van der Waals surface area contributed by atoms with Crippen LogP contribution in [0.5, 0.6) is 23.0 Å². The molecule has 0 aliphatic rings. The van der Waals surface area contributed by atoms with Gasteiger partial charge in [0, 0.05) is 22.3 Å². The van der Waals surface area contributed by atoms with Gasteiger partial charge >= 0.3 is 0 Å². The van der Waals surface area contributed by atoms with Crippen LogP contribution in [-0.4, -0.2) is 36.0 Å². The average Bonchev–Trinajstić information content (AvgIpc) is 3.04. The van der Waals surface area contributed by atoms with Gasteiger partial charge in [-0.05, 0) is 82.2 Å². The molecule has 0 aliphatic heterocycles. The Morgan fingerprint density at radius 2 is 0.881 bits per heavy atom. The van der Waals surface area contributed by atoms with Gasteiger partial charge in [0.2, 0.25) is 0 Å². The molecule has 6 rings (SSSR count). The molecule has 2 N–H and O–H groups in total. The normalized spacial score (nSPS) is 11.0. The summed E-state index contributed by atoms with van der Waals surface area (Å²) in [6.45, 7) is 0. The predicted molar refractivity (Wildman–Crippen MR) is 163 cm³/mol. The Balaban J connectivity index is 1.63. The largest absolute Gasteiger partial charge is 0.507 e. The summed E-state index contributed by atoms with van der Waals surface area (Å²) in [6, 6.07) is 31.2. The van der Waals surface area contributed by atoms with Crippen molar-refractivity contribution in [2.24, 2.45) is 0 Å². The molecule has 6 nitrogen and oxygen atoms in total. The molecule has 0 bridgehead atoms. The summed E-state index contributed by atoms with van der Waals surface area (Å²) in [4.78, 5) is 27.5. The van der Waals surface area contributed by atoms with E-state index in [1.165, 1.54) is 0 Å². The maximum atomic E-state index is 13.7. The lowest BCUT2D eigenvalue weighted by molar-refractivity contribution is 0.102. The molecule has 6 aromatic carbocycles. The van der Waals surface area contributed by atoms with Crippen molar-refractivity contribution in [3.8, 4) is 34.1 Å². The van der Waals surface area contributed by atoms with Gasteiger partial charge in [-0.2, -0.15) is 0 Å². The van der Waals surface area contributed by atoms with E-state index in [1.54, 1.807) is 74.9 Å². The minimum atomic E-state index is -0.392. The molecule has 0 fully saturated rings. The van der Waals surface area contributed by atoms with Gasteiger partial charge in [-0.15, -0.1) is 0 Å². The van der Waals surface area contributed by atoms with Crippen LogP contribution in [0.3, 0.4) is 0 Å². The summed E-state index contributed by atoms with van der Waals surface area (Å²) in [5.41, 5.74) is 1.41. The Morgan fingerprint density at radius 1 is 0.524 bits per heavy atom. The molecule has 42 heavy (non-hydrogen) atoms. The number of benzene rings is 6. The molecule has 0 aliphatic carbocycles. The Kier molecular flexibility index (Phi) is 6.80. The highest BCUT2D eigenvalue weighted by Crippen LogP contribution is 2.48. The predicted octanol–water partition coefficient (Wildman–Crippen LogP) is 7.55. The highest BCUT2D eigenvalue weighted by Gasteiger charge is 2.26. The zero-order valence-corrected chi connectivity index (χ0v) is 22.9. The van der Waals surface area contributed by atoms with Crippen molar-refractivity contribution in [2.45, 2.75) is 0 Å². The van der Waals surface area contributed by atoms with Crippen LogP contribution >= 0.6 is 0 Å². The number of methoxy groups -OCH3 is 2. The van der Waals surface area contributed by atoms with Gasteiger partial charge < -0.3 is 19.7 Å². The van der Waals surface area contributed by atoms with Crippen molar-refractivity contribution in [3.05, 3.63) is 131 Å². The third-order valence-electron chi connectivity index (χ3n) is 7.49. The number of carbonyl (C=O) groups is 2. The maximum absolute atomic E-state index is 13.7. The lowest BCUT2D eigenvalue weighted by Gasteiger charge is -2.18. The smallest absolute Gasteiger partial charge is 0.196 e. The zero-order chi connectivity index (χ0) is 29.4. The minimum Gasteiger partial charge on any atom is -0.507 e. The van der Waals surface area contributed by atoms with Gasteiger partial charge in [0.25, 0.3) is 0 Å². The minimum absolute atomic E-state index is 0.0734. The fourth-order valence-electron chi connectivity index (χ4n) is 5.32. The van der Waals surface area contributed by atoms with Gasteiger partial charge in [0.15, 0.2) is 11.6 Å². The second kappa shape index (κ2) is 10.7. The van der Waals surface area contributed by atoms with Crippen LogP contribution in [0.25, 0.3) is 32.7 Å². The summed E-state index contributed by atoms with van der Waals surface area (Å²) >= 11 is 0. The van der Waals surface area contributed by atoms with Crippen LogP contribution in [0.1, 0.15) is 31.8 Å². The topological polar surface area (TPSA) is 93.1 Å². The number of phenolic OH excluding ortho intramolecular Hbond substituents is 2. The molecule has 0 saturated carbocycles. The number of rotatable bonds is 7. The molecular weight excluding hydrogens is 528 g/mol. The first kappa shape index (κ1) is 26.6. The number of hydrogen-bond donors (Lipinski definition) is 2. The third-order valence-corrected chi connectivity index (χ3v) is 7.49. The summed E-state index contributed by atoms with van der Waals surface area (Å²) in [6.07, 6.45) is 0. The number of ether oxygens (including phenoxy) is 2. The van der Waals surface area contributed by atoms with E-state index < -0.39 is 11.6 Å². The van der Waals surface area contributed by atoms with E-state index in [1.807, 2.05) is 48.5 Å². The van der Waals surface area contributed by atoms with Crippen LogP contribution in [0.15, 0.2) is 109 Å². The lowest BCUT2D eigenvalue weighted by Crippen LogP contribution is -2.05. The molecule has 6 aromatic rings. The molecule has 0 spiro atoms. The highest BCUT2D eigenvalue weighted by molar-refractivity contribution is 6.21. The number of carbonyl (C=O) groups excluding carboxylic acids is 2. The molecule has 6 heteroatoms. The Labute approximate surface area is 242 Å². The first-order valence-electron chi connectivity index (χ1n) is 13.3. The molecule has 0 aromatic heterocycles. The van der Waals surface area contributed by atoms with Crippen molar-refractivity contribution in [1.82, 2.24) is 0 Å². The van der Waals surface area contributed by atoms with E-state index in [-0.39, 0.29) is 33.8 Å². The first-order valence-corrected chi connectivity index (χ1v) is 13.3. The van der Waals surface area contributed by atoms with Crippen LogP contribution < -0.4 is 9.47 Å². The summed E-state index contributed by atoms with van der Waals surface area (Å²) < 4.78 is 10.4. The molecule has 0 heterocycles. The fraction of sp³-hybridized carbons (Fsp3) is 0.0556. The summed E-state index contributed by atoms with van der Waals surface area (Å²) in [5.74, 6) is -0.157. The molecule has 0 saturated heterocycles. The number of fused-ring (bicyclic) bond motifs is 2. The number of aromatic hydroxyl groups is 2. The third kappa shape index (κ3) is 4.49. The van der Waals surface area contributed by atoms with Crippen LogP contribution in [0.4, 0.5) is 0 Å². The summed E-state index contributed by atoms with van der Waals surface area (Å²) in [5, 5.41) is 26.2. The van der Waals surface area contributed by atoms with Gasteiger partial charge in [0.05, 0.1) is 25.3 Å². The Morgan fingerprint density at radius 3 is 1.24 bits per heavy atom. The van der Waals surface area contributed by atoms with E-state index in [9.17, 15) is 19.8 Å². The Hall–Kier alpha value is -5.62. The van der Waals surface area contributed by atoms with Gasteiger partial charge in [0.1, 0.15) is 23.0 Å². The molecule has 206 valence electrons. The SMILES string of the molecule is COc1ccc(C(=O)c2cc3ccccc3c(-c3c(O)c(C(=O)c4ccc(OC)cc4)cc4ccccc34)c2O)cc1. The highest BCUT2D eigenvalue weighted by atomic mass is 16.5. The maximum Gasteiger partial charge on any atom is 0.196 e. The van der Waals surface area contributed by atoms with Crippen LogP contribution in [0, 0.1) is 0 Å². The summed E-state index contributed by atoms with van der Waals surface area (Å²) in [7, 11) is 3.09. The molecule has 0 amide bonds. The molecule has 0 unspecified atom stereocenters. The molecule has 0 radical (unpaired) electrons. The van der Waals surface area contributed by atoms with Gasteiger partial charge in [-0.1, -0.05) is 48.5 Å². The quantitative estimate of drug-likeness (QED) is 0.198. The second-order valence-electron chi connectivity index (χ2n) is 9.85. The van der Waals surface area contributed by atoms with Gasteiger partial charge in [-0.25, -0.2) is 0 Å². The monoisotopic (exact) mass is 554 g/mol. The van der Waals surface area contributed by atoms with Crippen LogP contribution in [0.2, 0.25) is 0 Å². The van der Waals surface area contributed by atoms with Crippen molar-refractivity contribution in [2.75, 3.05) is 14.2 Å². The van der Waals surface area contributed by atoms with Crippen molar-refractivity contribution >= 4 is 33.1 Å². The van der Waals surface area contributed by atoms with E-state index in [0.29, 0.717) is 44.2 Å². The van der Waals surface area contributed by atoms with E-state index >= 15 is 0 Å². The molecule has 0 atom stereocenters.